The molecule has 1 aliphatic heterocycles. The lowest BCUT2D eigenvalue weighted by Gasteiger charge is -1.93. The van der Waals surface area contributed by atoms with Gasteiger partial charge in [-0.05, 0) is 16.0 Å². The number of nitrogens with zero attached hydrogens (tertiary/aromatic N) is 2. The summed E-state index contributed by atoms with van der Waals surface area (Å²) in [7, 11) is 0. The third kappa shape index (κ3) is 2.14. The maximum absolute atomic E-state index is 8.73. The largest absolute Gasteiger partial charge is 0.192 e. The van der Waals surface area contributed by atoms with Crippen LogP contribution in [-0.2, 0) is 0 Å². The minimum atomic E-state index is 0.154. The normalized spacial score (nSPS) is 13.2. The van der Waals surface area contributed by atoms with Crippen molar-refractivity contribution in [2.75, 3.05) is 0 Å². The lowest BCUT2D eigenvalue weighted by atomic mass is 10.2. The van der Waals surface area contributed by atoms with E-state index in [1.54, 1.807) is 23.5 Å². The molecule has 0 radical (unpaired) electrons. The number of hydrogen-bond donors (Lipinski definition) is 0. The summed E-state index contributed by atoms with van der Waals surface area (Å²) in [6.07, 6.45) is 0. The van der Waals surface area contributed by atoms with Gasteiger partial charge in [0, 0.05) is 5.22 Å². The van der Waals surface area contributed by atoms with Crippen LogP contribution in [0.2, 0.25) is 0 Å². The number of rotatable bonds is 0. The molecule has 76 valence electrons. The van der Waals surface area contributed by atoms with Crippen molar-refractivity contribution < 1.29 is 0 Å². The van der Waals surface area contributed by atoms with Crippen molar-refractivity contribution >= 4 is 33.3 Å². The van der Waals surface area contributed by atoms with Gasteiger partial charge in [-0.2, -0.15) is 10.5 Å². The van der Waals surface area contributed by atoms with Gasteiger partial charge in [0.25, 0.3) is 0 Å². The van der Waals surface area contributed by atoms with E-state index >= 15 is 0 Å². The molecule has 0 saturated heterocycles. The van der Waals surface area contributed by atoms with Crippen LogP contribution in [0.5, 0.6) is 0 Å². The van der Waals surface area contributed by atoms with Crippen molar-refractivity contribution in [3.8, 4) is 12.1 Å². The van der Waals surface area contributed by atoms with E-state index in [9.17, 15) is 0 Å². The first-order chi connectivity index (χ1) is 7.85. The maximum Gasteiger partial charge on any atom is 0.136 e. The van der Waals surface area contributed by atoms with Crippen LogP contribution in [-0.4, -0.2) is 0 Å². The van der Waals surface area contributed by atoms with Gasteiger partial charge in [0.1, 0.15) is 17.7 Å². The van der Waals surface area contributed by atoms with E-state index < -0.39 is 0 Å². The van der Waals surface area contributed by atoms with E-state index in [1.165, 1.54) is 4.24 Å². The van der Waals surface area contributed by atoms with Gasteiger partial charge in [-0.15, -0.1) is 0 Å². The molecule has 1 aliphatic rings. The molecular weight excluding hydrogens is 236 g/mol. The molecule has 16 heavy (non-hydrogen) atoms. The molecular formula is C12H6N2S2. The Bertz CT molecular complexity index is 596. The van der Waals surface area contributed by atoms with E-state index in [4.69, 9.17) is 10.5 Å². The minimum absolute atomic E-state index is 0.154. The summed E-state index contributed by atoms with van der Waals surface area (Å²) < 4.78 is 1.22. The van der Waals surface area contributed by atoms with E-state index in [1.807, 2.05) is 47.2 Å². The predicted molar refractivity (Wildman–Crippen MR) is 68.1 cm³/mol. The third-order valence-electron chi connectivity index (χ3n) is 2.04. The molecule has 0 aromatic heterocycles. The molecule has 0 atom stereocenters. The average Bonchev–Trinajstić information content (AvgIpc) is 2.85. The van der Waals surface area contributed by atoms with Gasteiger partial charge in [0.05, 0.1) is 4.24 Å². The summed E-state index contributed by atoms with van der Waals surface area (Å²) in [6.45, 7) is 0. The van der Waals surface area contributed by atoms with E-state index in [2.05, 4.69) is 0 Å². The Morgan fingerprint density at radius 2 is 1.50 bits per heavy atom. The first-order valence-corrected chi connectivity index (χ1v) is 6.24. The molecule has 0 saturated carbocycles. The first kappa shape index (κ1) is 10.9. The van der Waals surface area contributed by atoms with E-state index in [-0.39, 0.29) is 5.57 Å². The number of nitriles is 2. The standard InChI is InChI=1S/C12H6N2S2/c13-7-11(8-14)9-1-3-10(4-2-9)12-15-5-6-16-12/h1-6H. The second-order valence-corrected chi connectivity index (χ2v) is 5.06. The summed E-state index contributed by atoms with van der Waals surface area (Å²) in [5.41, 5.74) is 0.154. The molecule has 0 amide bonds. The zero-order chi connectivity index (χ0) is 11.4. The quantitative estimate of drug-likeness (QED) is 0.697. The van der Waals surface area contributed by atoms with Crippen molar-refractivity contribution in [1.29, 1.82) is 10.5 Å². The van der Waals surface area contributed by atoms with Gasteiger partial charge in [-0.1, -0.05) is 47.8 Å². The molecule has 0 N–H and O–H groups in total. The van der Waals surface area contributed by atoms with Crippen molar-refractivity contribution in [2.24, 2.45) is 0 Å². The fraction of sp³-hybridized carbons (Fsp3) is 0. The number of benzene rings is 1. The summed E-state index contributed by atoms with van der Waals surface area (Å²) in [5, 5.41) is 23.3. The summed E-state index contributed by atoms with van der Waals surface area (Å²) in [6, 6.07) is 11.3. The van der Waals surface area contributed by atoms with Crippen LogP contribution >= 0.6 is 23.5 Å². The highest BCUT2D eigenvalue weighted by Crippen LogP contribution is 2.37. The topological polar surface area (TPSA) is 47.6 Å². The number of thioether (sulfide) groups is 2. The molecule has 2 rings (SSSR count). The van der Waals surface area contributed by atoms with Gasteiger partial charge in [0.15, 0.2) is 0 Å². The van der Waals surface area contributed by atoms with Crippen LogP contribution in [0.3, 0.4) is 0 Å². The fourth-order valence-corrected chi connectivity index (χ4v) is 3.06. The smallest absolute Gasteiger partial charge is 0.136 e. The molecule has 1 aromatic carbocycles. The van der Waals surface area contributed by atoms with Crippen LogP contribution in [0.1, 0.15) is 0 Å². The molecule has 0 unspecified atom stereocenters. The molecule has 1 heterocycles. The van der Waals surface area contributed by atoms with E-state index in [0.29, 0.717) is 5.22 Å². The third-order valence-corrected chi connectivity index (χ3v) is 4.23. The predicted octanol–water partition coefficient (Wildman–Crippen LogP) is 1.90. The van der Waals surface area contributed by atoms with Crippen LogP contribution in [0.15, 0.2) is 35.1 Å². The molecule has 0 spiro atoms. The zero-order valence-electron chi connectivity index (χ0n) is 8.18. The second-order valence-electron chi connectivity index (χ2n) is 2.97. The second kappa shape index (κ2) is 4.94. The Balaban J connectivity index is 2.54. The highest BCUT2D eigenvalue weighted by Gasteiger charge is 2.02. The average molecular weight is 242 g/mol. The summed E-state index contributed by atoms with van der Waals surface area (Å²) in [5.74, 6) is 0. The summed E-state index contributed by atoms with van der Waals surface area (Å²) in [4.78, 5) is 0. The fourth-order valence-electron chi connectivity index (χ4n) is 1.27. The van der Waals surface area contributed by atoms with Crippen LogP contribution in [0.25, 0.3) is 9.81 Å². The van der Waals surface area contributed by atoms with Crippen LogP contribution in [0, 0.1) is 22.7 Å². The summed E-state index contributed by atoms with van der Waals surface area (Å²) >= 11 is 3.37. The number of hydrogen-bond acceptors (Lipinski definition) is 4. The Hall–Kier alpha value is -1.62. The molecule has 4 heteroatoms. The Morgan fingerprint density at radius 3 is 2.00 bits per heavy atom. The van der Waals surface area contributed by atoms with Crippen molar-refractivity contribution in [2.45, 2.75) is 0 Å². The molecule has 1 aromatic rings. The SMILES string of the molecule is N#CC(C#N)=c1ccc(=C2SC=CS2)cc1. The Morgan fingerprint density at radius 1 is 0.938 bits per heavy atom. The van der Waals surface area contributed by atoms with Gasteiger partial charge in [-0.3, -0.25) is 0 Å². The minimum Gasteiger partial charge on any atom is -0.192 e. The molecule has 0 fully saturated rings. The Labute approximate surface area is 102 Å². The molecule has 0 bridgehead atoms. The highest BCUT2D eigenvalue weighted by molar-refractivity contribution is 8.34. The van der Waals surface area contributed by atoms with Crippen molar-refractivity contribution in [1.82, 2.24) is 0 Å². The van der Waals surface area contributed by atoms with Crippen molar-refractivity contribution in [3.63, 3.8) is 0 Å². The van der Waals surface area contributed by atoms with Gasteiger partial charge in [-0.25, -0.2) is 0 Å². The van der Waals surface area contributed by atoms with Crippen molar-refractivity contribution in [3.05, 3.63) is 45.5 Å². The molecule has 0 aliphatic carbocycles. The van der Waals surface area contributed by atoms with Gasteiger partial charge < -0.3 is 0 Å². The monoisotopic (exact) mass is 242 g/mol. The Kier molecular flexibility index (Phi) is 3.36. The maximum atomic E-state index is 8.73. The lowest BCUT2D eigenvalue weighted by molar-refractivity contribution is 1.48. The van der Waals surface area contributed by atoms with Crippen LogP contribution in [0.4, 0.5) is 0 Å². The first-order valence-electron chi connectivity index (χ1n) is 4.48. The van der Waals surface area contributed by atoms with Gasteiger partial charge >= 0.3 is 0 Å². The lowest BCUT2D eigenvalue weighted by Crippen LogP contribution is -2.10. The van der Waals surface area contributed by atoms with Gasteiger partial charge in [0.2, 0.25) is 0 Å². The van der Waals surface area contributed by atoms with Crippen LogP contribution < -0.4 is 10.4 Å². The molecule has 2 nitrogen and oxygen atoms in total. The van der Waals surface area contributed by atoms with E-state index in [0.717, 1.165) is 5.22 Å². The highest BCUT2D eigenvalue weighted by atomic mass is 32.2. The zero-order valence-corrected chi connectivity index (χ0v) is 9.81.